The number of benzene rings is 1. The van der Waals surface area contributed by atoms with Gasteiger partial charge in [-0.1, -0.05) is 23.7 Å². The van der Waals surface area contributed by atoms with Crippen molar-refractivity contribution in [3.05, 3.63) is 59.4 Å². The largest absolute Gasteiger partial charge is 0.291 e. The molecule has 1 amide bonds. The highest BCUT2D eigenvalue weighted by Gasteiger charge is 1.98. The van der Waals surface area contributed by atoms with Crippen molar-refractivity contribution in [1.29, 1.82) is 0 Å². The van der Waals surface area contributed by atoms with E-state index in [-0.39, 0.29) is 11.9 Å². The van der Waals surface area contributed by atoms with Crippen molar-refractivity contribution in [3.63, 3.8) is 0 Å². The van der Waals surface area contributed by atoms with Crippen LogP contribution >= 0.6 is 11.6 Å². The highest BCUT2D eigenvalue weighted by atomic mass is 35.5. The highest BCUT2D eigenvalue weighted by molar-refractivity contribution is 6.30. The van der Waals surface area contributed by atoms with E-state index in [4.69, 9.17) is 11.6 Å². The molecule has 2 aromatic rings. The van der Waals surface area contributed by atoms with Crippen molar-refractivity contribution in [2.45, 2.75) is 0 Å². The average molecular weight is 260 g/mol. The zero-order valence-electron chi connectivity index (χ0n) is 9.38. The van der Waals surface area contributed by atoms with Gasteiger partial charge in [0.2, 0.25) is 5.95 Å². The number of nitrogens with one attached hydrogen (secondary N) is 1. The van der Waals surface area contributed by atoms with E-state index < -0.39 is 0 Å². The molecule has 1 aromatic carbocycles. The van der Waals surface area contributed by atoms with Crippen molar-refractivity contribution >= 4 is 29.5 Å². The van der Waals surface area contributed by atoms with Crippen molar-refractivity contribution in [2.24, 2.45) is 0 Å². The Morgan fingerprint density at radius 3 is 2.72 bits per heavy atom. The van der Waals surface area contributed by atoms with Crippen molar-refractivity contribution in [2.75, 3.05) is 5.32 Å². The summed E-state index contributed by atoms with van der Waals surface area (Å²) in [5.41, 5.74) is 0.853. The number of carbonyl (C=O) groups is 1. The first-order valence-electron chi connectivity index (χ1n) is 5.26. The summed E-state index contributed by atoms with van der Waals surface area (Å²) >= 11 is 5.84. The summed E-state index contributed by atoms with van der Waals surface area (Å²) in [5.74, 6) is -0.0144. The summed E-state index contributed by atoms with van der Waals surface area (Å²) in [7, 11) is 0. The van der Waals surface area contributed by atoms with E-state index in [9.17, 15) is 4.79 Å². The topological polar surface area (TPSA) is 54.9 Å². The van der Waals surface area contributed by atoms with Crippen LogP contribution in [0, 0.1) is 0 Å². The van der Waals surface area contributed by atoms with Gasteiger partial charge in [-0.2, -0.15) is 0 Å². The maximum absolute atomic E-state index is 11.6. The maximum Gasteiger partial charge on any atom is 0.250 e. The van der Waals surface area contributed by atoms with Gasteiger partial charge in [-0.15, -0.1) is 0 Å². The van der Waals surface area contributed by atoms with Gasteiger partial charge in [0, 0.05) is 23.5 Å². The Balaban J connectivity index is 1.99. The van der Waals surface area contributed by atoms with Gasteiger partial charge in [0.1, 0.15) is 0 Å². The second-order valence-electron chi connectivity index (χ2n) is 3.45. The Hall–Kier alpha value is -2.20. The van der Waals surface area contributed by atoms with Crippen LogP contribution in [0.25, 0.3) is 6.08 Å². The molecule has 0 unspecified atom stereocenters. The van der Waals surface area contributed by atoms with Crippen molar-refractivity contribution in [3.8, 4) is 0 Å². The minimum atomic E-state index is -0.291. The Morgan fingerprint density at radius 2 is 2.00 bits per heavy atom. The first-order chi connectivity index (χ1) is 8.74. The number of halogens is 1. The van der Waals surface area contributed by atoms with Crippen molar-refractivity contribution in [1.82, 2.24) is 9.97 Å². The standard InChI is InChI=1S/C13H10ClN3O/c14-11-4-1-3-10(9-11)5-6-12(18)17-13-15-7-2-8-16-13/h1-9H,(H,15,16,17,18). The third-order valence-electron chi connectivity index (χ3n) is 2.08. The molecule has 5 heteroatoms. The minimum absolute atomic E-state index is 0.276. The van der Waals surface area contributed by atoms with Crippen LogP contribution in [0.1, 0.15) is 5.56 Å². The normalized spacial score (nSPS) is 10.5. The molecule has 0 saturated heterocycles. The van der Waals surface area contributed by atoms with E-state index in [2.05, 4.69) is 15.3 Å². The lowest BCUT2D eigenvalue weighted by Crippen LogP contribution is -2.10. The molecule has 1 aromatic heterocycles. The van der Waals surface area contributed by atoms with Crippen LogP contribution in [0.15, 0.2) is 48.8 Å². The molecule has 0 bridgehead atoms. The molecule has 0 fully saturated rings. The molecule has 0 saturated carbocycles. The molecule has 0 spiro atoms. The average Bonchev–Trinajstić information content (AvgIpc) is 2.38. The van der Waals surface area contributed by atoms with E-state index in [1.54, 1.807) is 36.7 Å². The fourth-order valence-corrected chi connectivity index (χ4v) is 1.50. The van der Waals surface area contributed by atoms with Gasteiger partial charge >= 0.3 is 0 Å². The van der Waals surface area contributed by atoms with Gasteiger partial charge in [-0.3, -0.25) is 10.1 Å². The smallest absolute Gasteiger partial charge is 0.250 e. The summed E-state index contributed by atoms with van der Waals surface area (Å²) in [4.78, 5) is 19.3. The maximum atomic E-state index is 11.6. The van der Waals surface area contributed by atoms with Crippen molar-refractivity contribution < 1.29 is 4.79 Å². The Morgan fingerprint density at radius 1 is 1.22 bits per heavy atom. The summed E-state index contributed by atoms with van der Waals surface area (Å²) in [6.07, 6.45) is 6.19. The zero-order valence-corrected chi connectivity index (χ0v) is 10.1. The Bertz CT molecular complexity index is 569. The zero-order chi connectivity index (χ0) is 12.8. The van der Waals surface area contributed by atoms with Crippen LogP contribution in [-0.2, 0) is 4.79 Å². The van der Waals surface area contributed by atoms with Crippen LogP contribution in [0.5, 0.6) is 0 Å². The molecule has 0 atom stereocenters. The lowest BCUT2D eigenvalue weighted by molar-refractivity contribution is -0.111. The summed E-state index contributed by atoms with van der Waals surface area (Å²) in [6.45, 7) is 0. The number of hydrogen-bond donors (Lipinski definition) is 1. The summed E-state index contributed by atoms with van der Waals surface area (Å²) in [5, 5.41) is 3.17. The molecule has 0 aliphatic heterocycles. The van der Waals surface area contributed by atoms with Crippen LogP contribution in [0.2, 0.25) is 5.02 Å². The third-order valence-corrected chi connectivity index (χ3v) is 2.31. The minimum Gasteiger partial charge on any atom is -0.291 e. The fraction of sp³-hybridized carbons (Fsp3) is 0. The molecule has 18 heavy (non-hydrogen) atoms. The number of amides is 1. The van der Waals surface area contributed by atoms with Gasteiger partial charge < -0.3 is 0 Å². The number of rotatable bonds is 3. The van der Waals surface area contributed by atoms with Gasteiger partial charge in [0.15, 0.2) is 0 Å². The molecule has 90 valence electrons. The summed E-state index contributed by atoms with van der Waals surface area (Å²) in [6, 6.07) is 8.90. The number of aromatic nitrogens is 2. The van der Waals surface area contributed by atoms with Gasteiger partial charge in [0.05, 0.1) is 0 Å². The van der Waals surface area contributed by atoms with E-state index in [0.717, 1.165) is 5.56 Å². The number of hydrogen-bond acceptors (Lipinski definition) is 3. The fourth-order valence-electron chi connectivity index (χ4n) is 1.30. The predicted molar refractivity (Wildman–Crippen MR) is 71.1 cm³/mol. The van der Waals surface area contributed by atoms with Crippen LogP contribution < -0.4 is 5.32 Å². The molecule has 1 N–H and O–H groups in total. The number of carbonyl (C=O) groups excluding carboxylic acids is 1. The molecule has 0 radical (unpaired) electrons. The van der Waals surface area contributed by atoms with E-state index in [1.807, 2.05) is 12.1 Å². The van der Waals surface area contributed by atoms with Crippen LogP contribution in [-0.4, -0.2) is 15.9 Å². The van der Waals surface area contributed by atoms with Crippen LogP contribution in [0.4, 0.5) is 5.95 Å². The molecule has 1 heterocycles. The first-order valence-corrected chi connectivity index (χ1v) is 5.63. The SMILES string of the molecule is O=C(C=Cc1cccc(Cl)c1)Nc1ncccn1. The van der Waals surface area contributed by atoms with E-state index in [1.165, 1.54) is 6.08 Å². The van der Waals surface area contributed by atoms with Gasteiger partial charge in [-0.05, 0) is 29.8 Å². The van der Waals surface area contributed by atoms with Gasteiger partial charge in [0.25, 0.3) is 5.91 Å². The second kappa shape index (κ2) is 5.93. The second-order valence-corrected chi connectivity index (χ2v) is 3.89. The van der Waals surface area contributed by atoms with E-state index >= 15 is 0 Å². The highest BCUT2D eigenvalue weighted by Crippen LogP contribution is 2.11. The number of nitrogens with zero attached hydrogens (tertiary/aromatic N) is 2. The quantitative estimate of drug-likeness (QED) is 0.863. The number of anilines is 1. The lowest BCUT2D eigenvalue weighted by atomic mass is 10.2. The Kier molecular flexibility index (Phi) is 4.04. The monoisotopic (exact) mass is 259 g/mol. The third kappa shape index (κ3) is 3.68. The van der Waals surface area contributed by atoms with E-state index in [0.29, 0.717) is 5.02 Å². The summed E-state index contributed by atoms with van der Waals surface area (Å²) < 4.78 is 0. The molecule has 4 nitrogen and oxygen atoms in total. The molecule has 2 rings (SSSR count). The first kappa shape index (κ1) is 12.3. The molecular weight excluding hydrogens is 250 g/mol. The Labute approximate surface area is 109 Å². The molecular formula is C13H10ClN3O. The predicted octanol–water partition coefficient (Wildman–Crippen LogP) is 2.78. The lowest BCUT2D eigenvalue weighted by Gasteiger charge is -1.98. The molecule has 0 aliphatic rings. The van der Waals surface area contributed by atoms with Crippen LogP contribution in [0.3, 0.4) is 0 Å². The van der Waals surface area contributed by atoms with Gasteiger partial charge in [-0.25, -0.2) is 9.97 Å². The molecule has 0 aliphatic carbocycles.